The number of rotatable bonds is 8. The van der Waals surface area contributed by atoms with Crippen LogP contribution in [0.1, 0.15) is 25.3 Å². The zero-order valence-electron chi connectivity index (χ0n) is 9.91. The molecule has 0 saturated heterocycles. The van der Waals surface area contributed by atoms with Crippen LogP contribution in [0.5, 0.6) is 5.75 Å². The second-order valence-corrected chi connectivity index (χ2v) is 3.69. The SMILES string of the molecule is CCOc1cccc(CNCCCCO)c1. The van der Waals surface area contributed by atoms with Crippen LogP contribution in [-0.4, -0.2) is 24.9 Å². The average molecular weight is 223 g/mol. The van der Waals surface area contributed by atoms with Gasteiger partial charge in [-0.2, -0.15) is 0 Å². The van der Waals surface area contributed by atoms with Crippen LogP contribution in [0.3, 0.4) is 0 Å². The molecule has 0 fully saturated rings. The summed E-state index contributed by atoms with van der Waals surface area (Å²) in [6.07, 6.45) is 1.88. The molecule has 90 valence electrons. The minimum Gasteiger partial charge on any atom is -0.494 e. The van der Waals surface area contributed by atoms with Crippen molar-refractivity contribution < 1.29 is 9.84 Å². The smallest absolute Gasteiger partial charge is 0.119 e. The second kappa shape index (κ2) is 8.13. The summed E-state index contributed by atoms with van der Waals surface area (Å²) in [6, 6.07) is 8.12. The largest absolute Gasteiger partial charge is 0.494 e. The number of unbranched alkanes of at least 4 members (excludes halogenated alkanes) is 1. The third-order valence-electron chi connectivity index (χ3n) is 2.30. The maximum absolute atomic E-state index is 8.63. The summed E-state index contributed by atoms with van der Waals surface area (Å²) >= 11 is 0. The third-order valence-corrected chi connectivity index (χ3v) is 2.30. The fourth-order valence-corrected chi connectivity index (χ4v) is 1.51. The lowest BCUT2D eigenvalue weighted by Gasteiger charge is -2.07. The highest BCUT2D eigenvalue weighted by atomic mass is 16.5. The van der Waals surface area contributed by atoms with E-state index in [0.29, 0.717) is 6.61 Å². The molecule has 0 aliphatic rings. The van der Waals surface area contributed by atoms with E-state index in [2.05, 4.69) is 17.4 Å². The summed E-state index contributed by atoms with van der Waals surface area (Å²) in [6.45, 7) is 4.76. The van der Waals surface area contributed by atoms with E-state index in [9.17, 15) is 0 Å². The van der Waals surface area contributed by atoms with Crippen LogP contribution in [0, 0.1) is 0 Å². The molecule has 0 atom stereocenters. The van der Waals surface area contributed by atoms with Crippen LogP contribution in [0.15, 0.2) is 24.3 Å². The molecule has 3 heteroatoms. The number of aliphatic hydroxyl groups excluding tert-OH is 1. The summed E-state index contributed by atoms with van der Waals surface area (Å²) < 4.78 is 5.43. The van der Waals surface area contributed by atoms with Crippen LogP contribution in [-0.2, 0) is 6.54 Å². The van der Waals surface area contributed by atoms with Crippen molar-refractivity contribution in [1.29, 1.82) is 0 Å². The molecule has 0 aliphatic heterocycles. The Hall–Kier alpha value is -1.06. The lowest BCUT2D eigenvalue weighted by molar-refractivity contribution is 0.283. The molecule has 0 aromatic heterocycles. The van der Waals surface area contributed by atoms with Gasteiger partial charge in [-0.1, -0.05) is 12.1 Å². The Labute approximate surface area is 97.4 Å². The third kappa shape index (κ3) is 5.14. The van der Waals surface area contributed by atoms with Gasteiger partial charge in [0.25, 0.3) is 0 Å². The number of nitrogens with one attached hydrogen (secondary N) is 1. The number of aliphatic hydroxyl groups is 1. The first-order chi connectivity index (χ1) is 7.86. The molecule has 1 aromatic carbocycles. The highest BCUT2D eigenvalue weighted by Crippen LogP contribution is 2.12. The molecule has 0 aliphatic carbocycles. The Morgan fingerprint density at radius 2 is 2.19 bits per heavy atom. The molecular formula is C13H21NO2. The van der Waals surface area contributed by atoms with E-state index in [1.165, 1.54) is 5.56 Å². The monoisotopic (exact) mass is 223 g/mol. The minimum absolute atomic E-state index is 0.279. The molecule has 1 rings (SSSR count). The first-order valence-corrected chi connectivity index (χ1v) is 5.90. The van der Waals surface area contributed by atoms with Gasteiger partial charge >= 0.3 is 0 Å². The fourth-order valence-electron chi connectivity index (χ4n) is 1.51. The zero-order valence-corrected chi connectivity index (χ0v) is 9.91. The summed E-state index contributed by atoms with van der Waals surface area (Å²) in [5.41, 5.74) is 1.23. The lowest BCUT2D eigenvalue weighted by Crippen LogP contribution is -2.15. The van der Waals surface area contributed by atoms with Gasteiger partial charge in [-0.3, -0.25) is 0 Å². The Balaban J connectivity index is 2.27. The molecule has 1 aromatic rings. The van der Waals surface area contributed by atoms with Crippen molar-refractivity contribution in [2.24, 2.45) is 0 Å². The highest BCUT2D eigenvalue weighted by molar-refractivity contribution is 5.28. The quantitative estimate of drug-likeness (QED) is 0.662. The summed E-state index contributed by atoms with van der Waals surface area (Å²) in [4.78, 5) is 0. The van der Waals surface area contributed by atoms with E-state index in [1.54, 1.807) is 0 Å². The van der Waals surface area contributed by atoms with E-state index in [-0.39, 0.29) is 6.61 Å². The predicted octanol–water partition coefficient (Wildman–Crippen LogP) is 1.95. The average Bonchev–Trinajstić information content (AvgIpc) is 2.30. The Morgan fingerprint density at radius 3 is 2.94 bits per heavy atom. The van der Waals surface area contributed by atoms with Crippen molar-refractivity contribution >= 4 is 0 Å². The van der Waals surface area contributed by atoms with Gasteiger partial charge in [0, 0.05) is 13.2 Å². The van der Waals surface area contributed by atoms with Crippen molar-refractivity contribution in [2.75, 3.05) is 19.8 Å². The molecule has 0 heterocycles. The van der Waals surface area contributed by atoms with Crippen LogP contribution in [0.25, 0.3) is 0 Å². The van der Waals surface area contributed by atoms with Gasteiger partial charge in [0.1, 0.15) is 5.75 Å². The molecule has 0 bridgehead atoms. The van der Waals surface area contributed by atoms with E-state index in [4.69, 9.17) is 9.84 Å². The maximum Gasteiger partial charge on any atom is 0.119 e. The molecule has 0 unspecified atom stereocenters. The fraction of sp³-hybridized carbons (Fsp3) is 0.538. The Bertz CT molecular complexity index is 289. The highest BCUT2D eigenvalue weighted by Gasteiger charge is 1.96. The van der Waals surface area contributed by atoms with E-state index >= 15 is 0 Å². The van der Waals surface area contributed by atoms with Crippen LogP contribution >= 0.6 is 0 Å². The normalized spacial score (nSPS) is 10.4. The zero-order chi connectivity index (χ0) is 11.6. The number of hydrogen-bond donors (Lipinski definition) is 2. The summed E-state index contributed by atoms with van der Waals surface area (Å²) in [7, 11) is 0. The number of benzene rings is 1. The number of ether oxygens (including phenoxy) is 1. The van der Waals surface area contributed by atoms with Crippen molar-refractivity contribution in [2.45, 2.75) is 26.3 Å². The molecule has 0 amide bonds. The van der Waals surface area contributed by atoms with Gasteiger partial charge in [0.2, 0.25) is 0 Å². The summed E-state index contributed by atoms with van der Waals surface area (Å²) in [5.74, 6) is 0.928. The maximum atomic E-state index is 8.63. The summed E-state index contributed by atoms with van der Waals surface area (Å²) in [5, 5.41) is 12.0. The molecule has 0 radical (unpaired) electrons. The van der Waals surface area contributed by atoms with E-state index in [1.807, 2.05) is 19.1 Å². The van der Waals surface area contributed by atoms with Crippen molar-refractivity contribution in [1.82, 2.24) is 5.32 Å². The molecule has 16 heavy (non-hydrogen) atoms. The molecule has 0 spiro atoms. The predicted molar refractivity (Wildman–Crippen MR) is 65.6 cm³/mol. The van der Waals surface area contributed by atoms with Crippen LogP contribution in [0.2, 0.25) is 0 Å². The Kier molecular flexibility index (Phi) is 6.61. The van der Waals surface area contributed by atoms with Crippen molar-refractivity contribution in [3.63, 3.8) is 0 Å². The first-order valence-electron chi connectivity index (χ1n) is 5.90. The van der Waals surface area contributed by atoms with Crippen LogP contribution in [0.4, 0.5) is 0 Å². The molecule has 2 N–H and O–H groups in total. The van der Waals surface area contributed by atoms with Gasteiger partial charge in [-0.25, -0.2) is 0 Å². The standard InChI is InChI=1S/C13H21NO2/c1-2-16-13-7-5-6-12(10-13)11-14-8-3-4-9-15/h5-7,10,14-15H,2-4,8-9,11H2,1H3. The van der Waals surface area contributed by atoms with Gasteiger partial charge in [0.15, 0.2) is 0 Å². The minimum atomic E-state index is 0.279. The van der Waals surface area contributed by atoms with Gasteiger partial charge in [-0.15, -0.1) is 0 Å². The molecule has 0 saturated carbocycles. The first kappa shape index (κ1) is 13.0. The van der Waals surface area contributed by atoms with E-state index < -0.39 is 0 Å². The van der Waals surface area contributed by atoms with Crippen LogP contribution < -0.4 is 10.1 Å². The lowest BCUT2D eigenvalue weighted by atomic mass is 10.2. The Morgan fingerprint density at radius 1 is 1.31 bits per heavy atom. The second-order valence-electron chi connectivity index (χ2n) is 3.69. The molecular weight excluding hydrogens is 202 g/mol. The van der Waals surface area contributed by atoms with Gasteiger partial charge in [-0.05, 0) is 44.0 Å². The van der Waals surface area contributed by atoms with Crippen molar-refractivity contribution in [3.05, 3.63) is 29.8 Å². The van der Waals surface area contributed by atoms with E-state index in [0.717, 1.165) is 31.7 Å². The van der Waals surface area contributed by atoms with Gasteiger partial charge < -0.3 is 15.2 Å². The van der Waals surface area contributed by atoms with Crippen molar-refractivity contribution in [3.8, 4) is 5.75 Å². The molecule has 3 nitrogen and oxygen atoms in total. The van der Waals surface area contributed by atoms with Gasteiger partial charge in [0.05, 0.1) is 6.61 Å². The topological polar surface area (TPSA) is 41.5 Å². The number of hydrogen-bond acceptors (Lipinski definition) is 3.